The zero-order valence-corrected chi connectivity index (χ0v) is 17.6. The van der Waals surface area contributed by atoms with Crippen molar-refractivity contribution in [1.29, 1.82) is 0 Å². The molecule has 14 heteroatoms. The molecule has 0 spiro atoms. The summed E-state index contributed by atoms with van der Waals surface area (Å²) in [5, 5.41) is 19.8. The number of halogens is 4. The molecule has 2 aromatic heterocycles. The van der Waals surface area contributed by atoms with E-state index in [1.165, 1.54) is 22.1 Å². The molecule has 7 nitrogen and oxygen atoms in total. The first-order valence-corrected chi connectivity index (χ1v) is 11.3. The lowest BCUT2D eigenvalue weighted by Crippen LogP contribution is -2.24. The minimum atomic E-state index is -5.08. The lowest BCUT2D eigenvalue weighted by molar-refractivity contribution is -0.192. The number of nitrogens with zero attached hydrogens (tertiary/aromatic N) is 1. The summed E-state index contributed by atoms with van der Waals surface area (Å²) in [5.74, 6) is -2.39. The average molecular weight is 491 g/mol. The summed E-state index contributed by atoms with van der Waals surface area (Å²) in [6, 6.07) is 1.77. The SMILES string of the molecule is O=C(O)C(F)(F)F.O=C(O)CCSSCCNC(=O)c1cc2c(Cl)cncc2s1. The van der Waals surface area contributed by atoms with Crippen molar-refractivity contribution in [2.24, 2.45) is 0 Å². The maximum atomic E-state index is 12.0. The minimum absolute atomic E-state index is 0.131. The molecular formula is C15H14ClF3N2O5S3. The van der Waals surface area contributed by atoms with Crippen LogP contribution in [0.4, 0.5) is 13.2 Å². The van der Waals surface area contributed by atoms with Crippen LogP contribution in [0.3, 0.4) is 0 Å². The second-order valence-corrected chi connectivity index (χ2v) is 9.18. The van der Waals surface area contributed by atoms with E-state index < -0.39 is 18.1 Å². The van der Waals surface area contributed by atoms with Crippen molar-refractivity contribution in [2.75, 3.05) is 18.1 Å². The summed E-state index contributed by atoms with van der Waals surface area (Å²) in [7, 11) is 3.05. The predicted octanol–water partition coefficient (Wildman–Crippen LogP) is 4.17. The summed E-state index contributed by atoms with van der Waals surface area (Å²) in [6.07, 6.45) is -1.68. The van der Waals surface area contributed by atoms with Gasteiger partial charge in [-0.2, -0.15) is 13.2 Å². The molecule has 2 aromatic rings. The number of hydrogen-bond donors (Lipinski definition) is 3. The fraction of sp³-hybridized carbons (Fsp3) is 0.333. The number of aliphatic carboxylic acids is 2. The lowest BCUT2D eigenvalue weighted by Gasteiger charge is -2.02. The molecule has 0 atom stereocenters. The molecule has 160 valence electrons. The Kier molecular flexibility index (Phi) is 10.6. The molecule has 0 radical (unpaired) electrons. The van der Waals surface area contributed by atoms with Gasteiger partial charge in [0.05, 0.1) is 21.0 Å². The van der Waals surface area contributed by atoms with Crippen molar-refractivity contribution >= 4 is 72.5 Å². The van der Waals surface area contributed by atoms with Crippen LogP contribution in [0.25, 0.3) is 10.1 Å². The number of carbonyl (C=O) groups excluding carboxylic acids is 1. The van der Waals surface area contributed by atoms with E-state index in [1.54, 1.807) is 29.3 Å². The number of nitrogens with one attached hydrogen (secondary N) is 1. The second kappa shape index (κ2) is 12.1. The van der Waals surface area contributed by atoms with Gasteiger partial charge in [0, 0.05) is 35.8 Å². The number of thiophene rings is 1. The van der Waals surface area contributed by atoms with E-state index >= 15 is 0 Å². The molecule has 2 heterocycles. The van der Waals surface area contributed by atoms with Gasteiger partial charge in [0.15, 0.2) is 0 Å². The van der Waals surface area contributed by atoms with E-state index in [1.807, 2.05) is 0 Å². The van der Waals surface area contributed by atoms with Gasteiger partial charge < -0.3 is 15.5 Å². The van der Waals surface area contributed by atoms with Gasteiger partial charge in [0.25, 0.3) is 5.91 Å². The molecule has 0 aliphatic carbocycles. The van der Waals surface area contributed by atoms with Crippen LogP contribution in [-0.4, -0.2) is 57.3 Å². The standard InChI is InChI=1S/C13H13ClN2O3S3.C2HF3O2/c14-9-6-15-7-11-8(9)5-10(22-11)13(19)16-2-4-21-20-3-1-12(17)18;3-2(4,5)1(6)7/h5-7H,1-4H2,(H,16,19)(H,17,18);(H,6,7). The van der Waals surface area contributed by atoms with Crippen molar-refractivity contribution in [1.82, 2.24) is 10.3 Å². The van der Waals surface area contributed by atoms with Crippen molar-refractivity contribution in [3.63, 3.8) is 0 Å². The number of alkyl halides is 3. The smallest absolute Gasteiger partial charge is 0.481 e. The van der Waals surface area contributed by atoms with Crippen LogP contribution in [0.1, 0.15) is 16.1 Å². The van der Waals surface area contributed by atoms with E-state index in [-0.39, 0.29) is 12.3 Å². The molecule has 0 saturated carbocycles. The molecule has 0 saturated heterocycles. The van der Waals surface area contributed by atoms with Gasteiger partial charge in [-0.25, -0.2) is 4.79 Å². The molecule has 0 aliphatic rings. The Bertz CT molecular complexity index is 863. The molecule has 3 N–H and O–H groups in total. The van der Waals surface area contributed by atoms with Gasteiger partial charge in [-0.1, -0.05) is 33.2 Å². The highest BCUT2D eigenvalue weighted by atomic mass is 35.5. The second-order valence-electron chi connectivity index (χ2n) is 4.99. The first kappa shape index (κ1) is 25.3. The summed E-state index contributed by atoms with van der Waals surface area (Å²) >= 11 is 7.40. The summed E-state index contributed by atoms with van der Waals surface area (Å²) in [5.41, 5.74) is 0. The van der Waals surface area contributed by atoms with Crippen molar-refractivity contribution < 1.29 is 37.8 Å². The van der Waals surface area contributed by atoms with Gasteiger partial charge in [-0.3, -0.25) is 14.6 Å². The highest BCUT2D eigenvalue weighted by Gasteiger charge is 2.38. The number of carboxylic acids is 2. The number of carboxylic acid groups (broad SMARTS) is 2. The van der Waals surface area contributed by atoms with Gasteiger partial charge >= 0.3 is 18.1 Å². The Morgan fingerprint density at radius 3 is 2.34 bits per heavy atom. The van der Waals surface area contributed by atoms with Gasteiger partial charge in [0.2, 0.25) is 0 Å². The largest absolute Gasteiger partial charge is 0.490 e. The first-order valence-electron chi connectivity index (χ1n) is 7.60. The van der Waals surface area contributed by atoms with Gasteiger partial charge in [-0.15, -0.1) is 11.3 Å². The predicted molar refractivity (Wildman–Crippen MR) is 108 cm³/mol. The molecule has 0 aliphatic heterocycles. The molecule has 0 aromatic carbocycles. The third-order valence-electron chi connectivity index (χ3n) is 2.82. The van der Waals surface area contributed by atoms with Crippen LogP contribution >= 0.6 is 44.5 Å². The average Bonchev–Trinajstić information content (AvgIpc) is 3.06. The van der Waals surface area contributed by atoms with Gasteiger partial charge in [0.1, 0.15) is 0 Å². The number of hydrogen-bond acceptors (Lipinski definition) is 7. The quantitative estimate of drug-likeness (QED) is 0.373. The molecule has 1 amide bonds. The van der Waals surface area contributed by atoms with Crippen LogP contribution in [0, 0.1) is 0 Å². The number of fused-ring (bicyclic) bond motifs is 1. The molecule has 0 unspecified atom stereocenters. The fourth-order valence-corrected chi connectivity index (χ4v) is 4.71. The highest BCUT2D eigenvalue weighted by Crippen LogP contribution is 2.30. The minimum Gasteiger partial charge on any atom is -0.481 e. The van der Waals surface area contributed by atoms with E-state index in [2.05, 4.69) is 10.3 Å². The van der Waals surface area contributed by atoms with Crippen LogP contribution in [0.5, 0.6) is 0 Å². The van der Waals surface area contributed by atoms with Crippen LogP contribution in [0.15, 0.2) is 18.5 Å². The van der Waals surface area contributed by atoms with E-state index in [0.29, 0.717) is 22.2 Å². The van der Waals surface area contributed by atoms with E-state index in [9.17, 15) is 22.8 Å². The number of rotatable bonds is 8. The third-order valence-corrected chi connectivity index (χ3v) is 6.60. The van der Waals surface area contributed by atoms with Crippen LogP contribution in [0.2, 0.25) is 5.02 Å². The lowest BCUT2D eigenvalue weighted by atomic mass is 10.3. The number of amides is 1. The Labute approximate surface area is 179 Å². The Hall–Kier alpha value is -1.70. The third kappa shape index (κ3) is 9.56. The molecule has 29 heavy (non-hydrogen) atoms. The molecular weight excluding hydrogens is 477 g/mol. The molecule has 0 fully saturated rings. The summed E-state index contributed by atoms with van der Waals surface area (Å²) in [4.78, 5) is 35.9. The monoisotopic (exact) mass is 490 g/mol. The van der Waals surface area contributed by atoms with Crippen LogP contribution in [-0.2, 0) is 9.59 Å². The fourth-order valence-electron chi connectivity index (χ4n) is 1.58. The zero-order valence-electron chi connectivity index (χ0n) is 14.4. The topological polar surface area (TPSA) is 117 Å². The van der Waals surface area contributed by atoms with Crippen LogP contribution < -0.4 is 5.32 Å². The Balaban J connectivity index is 0.000000516. The van der Waals surface area contributed by atoms with Crippen molar-refractivity contribution in [3.8, 4) is 0 Å². The maximum Gasteiger partial charge on any atom is 0.490 e. The normalized spacial score (nSPS) is 10.9. The van der Waals surface area contributed by atoms with Gasteiger partial charge in [-0.05, 0) is 6.07 Å². The van der Waals surface area contributed by atoms with E-state index in [0.717, 1.165) is 15.8 Å². The van der Waals surface area contributed by atoms with E-state index in [4.69, 9.17) is 26.6 Å². The number of pyridine rings is 1. The number of aromatic nitrogens is 1. The summed E-state index contributed by atoms with van der Waals surface area (Å²) in [6.45, 7) is 0.532. The Morgan fingerprint density at radius 2 is 1.79 bits per heavy atom. The maximum absolute atomic E-state index is 12.0. The highest BCUT2D eigenvalue weighted by molar-refractivity contribution is 8.76. The molecule has 2 rings (SSSR count). The number of carbonyl (C=O) groups is 3. The Morgan fingerprint density at radius 1 is 1.17 bits per heavy atom. The van der Waals surface area contributed by atoms with Crippen molar-refractivity contribution in [3.05, 3.63) is 28.4 Å². The van der Waals surface area contributed by atoms with Crippen molar-refractivity contribution in [2.45, 2.75) is 12.6 Å². The zero-order chi connectivity index (χ0) is 22.0. The molecule has 0 bridgehead atoms. The summed E-state index contributed by atoms with van der Waals surface area (Å²) < 4.78 is 32.6. The first-order chi connectivity index (χ1) is 13.5.